The van der Waals surface area contributed by atoms with Gasteiger partial charge in [0.2, 0.25) is 0 Å². The van der Waals surface area contributed by atoms with E-state index in [-0.39, 0.29) is 5.91 Å². The van der Waals surface area contributed by atoms with Crippen LogP contribution in [0.5, 0.6) is 0 Å². The molecule has 0 unspecified atom stereocenters. The van der Waals surface area contributed by atoms with Crippen LogP contribution in [0.15, 0.2) is 18.6 Å². The van der Waals surface area contributed by atoms with Gasteiger partial charge in [0.25, 0.3) is 5.91 Å². The Morgan fingerprint density at radius 2 is 2.13 bits per heavy atom. The van der Waals surface area contributed by atoms with Gasteiger partial charge in [-0.15, -0.1) is 11.3 Å². The van der Waals surface area contributed by atoms with Crippen molar-refractivity contribution in [2.75, 3.05) is 26.2 Å². The molecule has 0 aliphatic carbocycles. The number of imidazole rings is 1. The van der Waals surface area contributed by atoms with Crippen LogP contribution in [0.25, 0.3) is 0 Å². The van der Waals surface area contributed by atoms with Crippen LogP contribution in [0.2, 0.25) is 0 Å². The molecule has 0 bridgehead atoms. The quantitative estimate of drug-likeness (QED) is 0.856. The number of aryl methyl sites for hydroxylation is 2. The molecule has 1 saturated heterocycles. The van der Waals surface area contributed by atoms with E-state index in [2.05, 4.69) is 26.4 Å². The average Bonchev–Trinajstić information content (AvgIpc) is 3.12. The van der Waals surface area contributed by atoms with Crippen LogP contribution in [0.3, 0.4) is 0 Å². The molecule has 0 saturated carbocycles. The van der Waals surface area contributed by atoms with E-state index in [1.807, 2.05) is 24.3 Å². The number of thiazole rings is 1. The number of hydrogen-bond acceptors (Lipinski definition) is 5. The Kier molecular flexibility index (Phi) is 5.07. The van der Waals surface area contributed by atoms with Crippen molar-refractivity contribution in [1.29, 1.82) is 0 Å². The lowest BCUT2D eigenvalue weighted by atomic mass is 10.3. The van der Waals surface area contributed by atoms with Crippen molar-refractivity contribution in [2.24, 2.45) is 7.05 Å². The van der Waals surface area contributed by atoms with Gasteiger partial charge in [0.15, 0.2) is 0 Å². The van der Waals surface area contributed by atoms with Gasteiger partial charge < -0.3 is 9.47 Å². The molecule has 0 spiro atoms. The van der Waals surface area contributed by atoms with Gasteiger partial charge in [-0.05, 0) is 12.8 Å². The Hall–Kier alpha value is -1.73. The highest BCUT2D eigenvalue weighted by atomic mass is 32.1. The van der Waals surface area contributed by atoms with Crippen molar-refractivity contribution in [3.05, 3.63) is 34.3 Å². The molecular weight excluding hydrogens is 310 g/mol. The highest BCUT2D eigenvalue weighted by Gasteiger charge is 2.22. The molecule has 0 radical (unpaired) electrons. The van der Waals surface area contributed by atoms with Crippen molar-refractivity contribution in [1.82, 2.24) is 24.3 Å². The van der Waals surface area contributed by atoms with E-state index in [4.69, 9.17) is 0 Å². The summed E-state index contributed by atoms with van der Waals surface area (Å²) in [6.45, 7) is 6.37. The molecule has 23 heavy (non-hydrogen) atoms. The summed E-state index contributed by atoms with van der Waals surface area (Å²) in [5.74, 6) is 1.20. The average molecular weight is 333 g/mol. The van der Waals surface area contributed by atoms with Crippen LogP contribution in [-0.4, -0.2) is 56.4 Å². The van der Waals surface area contributed by atoms with E-state index in [0.29, 0.717) is 0 Å². The first-order valence-corrected chi connectivity index (χ1v) is 8.91. The predicted molar refractivity (Wildman–Crippen MR) is 90.5 cm³/mol. The summed E-state index contributed by atoms with van der Waals surface area (Å²) in [5.41, 5.74) is 0. The fourth-order valence-electron chi connectivity index (χ4n) is 2.81. The summed E-state index contributed by atoms with van der Waals surface area (Å²) in [6.07, 6.45) is 7.41. The van der Waals surface area contributed by atoms with Gasteiger partial charge in [-0.2, -0.15) is 0 Å². The third-order valence-corrected chi connectivity index (χ3v) is 5.36. The van der Waals surface area contributed by atoms with Crippen molar-refractivity contribution in [3.63, 3.8) is 0 Å². The molecule has 1 amide bonds. The predicted octanol–water partition coefficient (Wildman–Crippen LogP) is 1.79. The lowest BCUT2D eigenvalue weighted by Gasteiger charge is -2.21. The summed E-state index contributed by atoms with van der Waals surface area (Å²) >= 11 is 1.52. The number of hydrogen-bond donors (Lipinski definition) is 0. The maximum absolute atomic E-state index is 12.6. The minimum Gasteiger partial charge on any atom is -0.337 e. The fourth-order valence-corrected chi connectivity index (χ4v) is 3.63. The highest BCUT2D eigenvalue weighted by Crippen LogP contribution is 2.17. The third-order valence-electron chi connectivity index (χ3n) is 4.23. The zero-order valence-corrected chi connectivity index (χ0v) is 14.6. The van der Waals surface area contributed by atoms with Crippen LogP contribution in [-0.2, 0) is 20.0 Å². The van der Waals surface area contributed by atoms with Gasteiger partial charge >= 0.3 is 0 Å². The molecule has 1 aliphatic rings. The van der Waals surface area contributed by atoms with Crippen molar-refractivity contribution in [3.8, 4) is 0 Å². The van der Waals surface area contributed by atoms with E-state index in [1.165, 1.54) is 11.3 Å². The van der Waals surface area contributed by atoms with Gasteiger partial charge in [0.1, 0.15) is 10.7 Å². The third kappa shape index (κ3) is 3.79. The summed E-state index contributed by atoms with van der Waals surface area (Å²) in [5, 5.41) is 1.03. The molecular formula is C16H23N5OS. The van der Waals surface area contributed by atoms with E-state index in [1.54, 1.807) is 6.20 Å². The Labute approximate surface area is 140 Å². The normalized spacial score (nSPS) is 16.5. The number of nitrogens with zero attached hydrogens (tertiary/aromatic N) is 5. The summed E-state index contributed by atoms with van der Waals surface area (Å²) in [4.78, 5) is 26.4. The van der Waals surface area contributed by atoms with Crippen LogP contribution in [0.4, 0.5) is 0 Å². The standard InChI is InChI=1S/C16H23N5OS/c1-3-15-18-11-13(23-15)16(22)21-7-4-6-20(9-10-21)12-14-17-5-8-19(14)2/h5,8,11H,3-4,6-7,9-10,12H2,1-2H3. The number of rotatable bonds is 4. The number of carbonyl (C=O) groups excluding carboxylic acids is 1. The molecule has 0 atom stereocenters. The Balaban J connectivity index is 1.59. The lowest BCUT2D eigenvalue weighted by molar-refractivity contribution is 0.0765. The highest BCUT2D eigenvalue weighted by molar-refractivity contribution is 7.13. The van der Waals surface area contributed by atoms with Crippen LogP contribution in [0, 0.1) is 0 Å². The zero-order valence-electron chi connectivity index (χ0n) is 13.7. The first-order chi connectivity index (χ1) is 11.2. The number of carbonyl (C=O) groups is 1. The lowest BCUT2D eigenvalue weighted by Crippen LogP contribution is -2.35. The second-order valence-corrected chi connectivity index (χ2v) is 6.96. The summed E-state index contributed by atoms with van der Waals surface area (Å²) in [7, 11) is 2.02. The van der Waals surface area contributed by atoms with Gasteiger partial charge in [0, 0.05) is 45.6 Å². The zero-order chi connectivity index (χ0) is 16.2. The minimum atomic E-state index is 0.126. The maximum atomic E-state index is 12.6. The fraction of sp³-hybridized carbons (Fsp3) is 0.562. The van der Waals surface area contributed by atoms with E-state index in [9.17, 15) is 4.79 Å². The van der Waals surface area contributed by atoms with Crippen LogP contribution >= 0.6 is 11.3 Å². The molecule has 1 fully saturated rings. The number of aromatic nitrogens is 3. The van der Waals surface area contributed by atoms with Gasteiger partial charge in [0.05, 0.1) is 17.7 Å². The molecule has 2 aromatic rings. The molecule has 7 heteroatoms. The minimum absolute atomic E-state index is 0.126. The molecule has 3 heterocycles. The molecule has 3 rings (SSSR count). The first kappa shape index (κ1) is 16.1. The summed E-state index contributed by atoms with van der Waals surface area (Å²) < 4.78 is 2.05. The van der Waals surface area contributed by atoms with Crippen LogP contribution < -0.4 is 0 Å². The molecule has 0 aromatic carbocycles. The molecule has 1 aliphatic heterocycles. The number of amides is 1. The van der Waals surface area contributed by atoms with Crippen LogP contribution in [0.1, 0.15) is 33.8 Å². The van der Waals surface area contributed by atoms with E-state index in [0.717, 1.165) is 61.3 Å². The van der Waals surface area contributed by atoms with Crippen molar-refractivity contribution in [2.45, 2.75) is 26.3 Å². The maximum Gasteiger partial charge on any atom is 0.265 e. The Bertz CT molecular complexity index is 665. The first-order valence-electron chi connectivity index (χ1n) is 8.10. The molecule has 124 valence electrons. The second-order valence-electron chi connectivity index (χ2n) is 5.85. The topological polar surface area (TPSA) is 54.3 Å². The van der Waals surface area contributed by atoms with Gasteiger partial charge in [-0.1, -0.05) is 6.92 Å². The molecule has 0 N–H and O–H groups in total. The van der Waals surface area contributed by atoms with E-state index >= 15 is 0 Å². The Morgan fingerprint density at radius 1 is 1.26 bits per heavy atom. The van der Waals surface area contributed by atoms with Gasteiger partial charge in [-0.3, -0.25) is 9.69 Å². The van der Waals surface area contributed by atoms with Crippen molar-refractivity contribution < 1.29 is 4.79 Å². The monoisotopic (exact) mass is 333 g/mol. The Morgan fingerprint density at radius 3 is 2.83 bits per heavy atom. The SMILES string of the molecule is CCc1ncc(C(=O)N2CCCN(Cc3nccn3C)CC2)s1. The second kappa shape index (κ2) is 7.23. The largest absolute Gasteiger partial charge is 0.337 e. The van der Waals surface area contributed by atoms with Gasteiger partial charge in [-0.25, -0.2) is 9.97 Å². The molecule has 6 nitrogen and oxygen atoms in total. The molecule has 2 aromatic heterocycles. The smallest absolute Gasteiger partial charge is 0.265 e. The van der Waals surface area contributed by atoms with E-state index < -0.39 is 0 Å². The summed E-state index contributed by atoms with van der Waals surface area (Å²) in [6, 6.07) is 0. The van der Waals surface area contributed by atoms with Crippen molar-refractivity contribution >= 4 is 17.2 Å².